The van der Waals surface area contributed by atoms with Crippen LogP contribution in [0.4, 0.5) is 0 Å². The molecule has 3 aromatic rings. The molecule has 3 unspecified atom stereocenters. The topological polar surface area (TPSA) is 86.9 Å². The third-order valence-corrected chi connectivity index (χ3v) is 6.37. The number of thiophene rings is 1. The van der Waals surface area contributed by atoms with Gasteiger partial charge in [-0.05, 0) is 53.0 Å². The molecule has 0 saturated carbocycles. The highest BCUT2D eigenvalue weighted by Crippen LogP contribution is 2.25. The van der Waals surface area contributed by atoms with Crippen LogP contribution in [-0.2, 0) is 4.79 Å². The average Bonchev–Trinajstić information content (AvgIpc) is 3.31. The van der Waals surface area contributed by atoms with Gasteiger partial charge in [-0.15, -0.1) is 11.3 Å². The van der Waals surface area contributed by atoms with Gasteiger partial charge in [-0.25, -0.2) is 4.98 Å². The number of fused-ring (bicyclic) bond motifs is 1. The smallest absolute Gasteiger partial charge is 0.262 e. The van der Waals surface area contributed by atoms with E-state index in [1.165, 1.54) is 11.3 Å². The summed E-state index contributed by atoms with van der Waals surface area (Å²) in [6, 6.07) is 10.4. The fraction of sp³-hybridized carbons (Fsp3) is 0.350. The van der Waals surface area contributed by atoms with Gasteiger partial charge in [-0.3, -0.25) is 9.59 Å². The molecule has 2 heterocycles. The third-order valence-electron chi connectivity index (χ3n) is 4.75. The number of nitrogens with zero attached hydrogens (tertiary/aromatic N) is 1. The zero-order valence-corrected chi connectivity index (χ0v) is 18.4. The number of benzene rings is 1. The normalized spacial score (nSPS) is 14.4. The van der Waals surface area contributed by atoms with Crippen LogP contribution in [0, 0.1) is 5.92 Å². The van der Waals surface area contributed by atoms with Crippen LogP contribution in [0.1, 0.15) is 48.7 Å². The molecule has 0 bridgehead atoms. The highest BCUT2D eigenvalue weighted by Gasteiger charge is 2.26. The van der Waals surface area contributed by atoms with Gasteiger partial charge >= 0.3 is 0 Å². The molecule has 6 nitrogen and oxygen atoms in total. The summed E-state index contributed by atoms with van der Waals surface area (Å²) in [4.78, 5) is 33.6. The lowest BCUT2D eigenvalue weighted by atomic mass is 9.98. The van der Waals surface area contributed by atoms with Gasteiger partial charge in [0.2, 0.25) is 5.91 Å². The molecular formula is C20H23BrN4O2S. The Morgan fingerprint density at radius 3 is 2.57 bits per heavy atom. The summed E-state index contributed by atoms with van der Waals surface area (Å²) in [6.07, 6.45) is 0.881. The predicted octanol–water partition coefficient (Wildman–Crippen LogP) is 4.41. The molecular weight excluding hydrogens is 440 g/mol. The van der Waals surface area contributed by atoms with E-state index in [1.807, 2.05) is 30.3 Å². The SMILES string of the molecule is CCC(C)C(NC(=O)C(C)NC(=O)c1ccc(Br)s1)c1nc2ccccc2[nH]1. The Morgan fingerprint density at radius 1 is 1.18 bits per heavy atom. The fourth-order valence-electron chi connectivity index (χ4n) is 2.88. The molecule has 2 amide bonds. The Balaban J connectivity index is 1.72. The van der Waals surface area contributed by atoms with Crippen LogP contribution < -0.4 is 10.6 Å². The first kappa shape index (κ1) is 20.5. The molecule has 0 aliphatic heterocycles. The highest BCUT2D eigenvalue weighted by atomic mass is 79.9. The minimum atomic E-state index is -0.663. The zero-order valence-electron chi connectivity index (χ0n) is 16.0. The maximum Gasteiger partial charge on any atom is 0.262 e. The summed E-state index contributed by atoms with van der Waals surface area (Å²) in [7, 11) is 0. The maximum atomic E-state index is 12.8. The molecule has 2 aromatic heterocycles. The van der Waals surface area contributed by atoms with E-state index >= 15 is 0 Å². The number of halogens is 1. The number of hydrogen-bond acceptors (Lipinski definition) is 4. The third kappa shape index (κ3) is 4.62. The lowest BCUT2D eigenvalue weighted by Crippen LogP contribution is -2.46. The Bertz CT molecular complexity index is 950. The predicted molar refractivity (Wildman–Crippen MR) is 115 cm³/mol. The van der Waals surface area contributed by atoms with Gasteiger partial charge in [0.15, 0.2) is 0 Å². The number of H-pyrrole nitrogens is 1. The Labute approximate surface area is 176 Å². The highest BCUT2D eigenvalue weighted by molar-refractivity contribution is 9.11. The second-order valence-corrected chi connectivity index (χ2v) is 9.27. The van der Waals surface area contributed by atoms with E-state index in [9.17, 15) is 9.59 Å². The molecule has 28 heavy (non-hydrogen) atoms. The zero-order chi connectivity index (χ0) is 20.3. The van der Waals surface area contributed by atoms with Crippen LogP contribution in [0.3, 0.4) is 0 Å². The van der Waals surface area contributed by atoms with Crippen molar-refractivity contribution >= 4 is 50.1 Å². The van der Waals surface area contributed by atoms with Gasteiger partial charge in [-0.2, -0.15) is 0 Å². The summed E-state index contributed by atoms with van der Waals surface area (Å²) in [6.45, 7) is 5.83. The molecule has 3 N–H and O–H groups in total. The first-order valence-corrected chi connectivity index (χ1v) is 10.8. The van der Waals surface area contributed by atoms with Crippen molar-refractivity contribution in [1.29, 1.82) is 0 Å². The molecule has 1 aromatic carbocycles. The number of carbonyl (C=O) groups excluding carboxylic acids is 2. The Kier molecular flexibility index (Phi) is 6.51. The number of para-hydroxylation sites is 2. The van der Waals surface area contributed by atoms with E-state index in [2.05, 4.69) is 50.4 Å². The summed E-state index contributed by atoms with van der Waals surface area (Å²) >= 11 is 4.67. The van der Waals surface area contributed by atoms with Crippen molar-refractivity contribution in [2.75, 3.05) is 0 Å². The van der Waals surface area contributed by atoms with Crippen molar-refractivity contribution in [3.8, 4) is 0 Å². The number of rotatable bonds is 7. The summed E-state index contributed by atoms with van der Waals surface area (Å²) in [5.41, 5.74) is 1.80. The van der Waals surface area contributed by atoms with Gasteiger partial charge in [0.1, 0.15) is 11.9 Å². The van der Waals surface area contributed by atoms with Gasteiger partial charge in [0.05, 0.1) is 25.7 Å². The van der Waals surface area contributed by atoms with E-state index in [0.717, 1.165) is 27.1 Å². The molecule has 148 valence electrons. The number of aromatic nitrogens is 2. The quantitative estimate of drug-likeness (QED) is 0.485. The first-order chi connectivity index (χ1) is 13.4. The average molecular weight is 463 g/mol. The molecule has 3 atom stereocenters. The van der Waals surface area contributed by atoms with E-state index in [0.29, 0.717) is 4.88 Å². The molecule has 0 aliphatic carbocycles. The van der Waals surface area contributed by atoms with Crippen LogP contribution in [0.15, 0.2) is 40.2 Å². The number of imidazole rings is 1. The van der Waals surface area contributed by atoms with Crippen molar-refractivity contribution in [3.05, 3.63) is 50.9 Å². The van der Waals surface area contributed by atoms with E-state index in [1.54, 1.807) is 13.0 Å². The summed E-state index contributed by atoms with van der Waals surface area (Å²) in [5, 5.41) is 5.81. The van der Waals surface area contributed by atoms with Crippen LogP contribution in [-0.4, -0.2) is 27.8 Å². The monoisotopic (exact) mass is 462 g/mol. The maximum absolute atomic E-state index is 12.8. The van der Waals surface area contributed by atoms with E-state index < -0.39 is 6.04 Å². The van der Waals surface area contributed by atoms with E-state index in [-0.39, 0.29) is 23.8 Å². The summed E-state index contributed by atoms with van der Waals surface area (Å²) < 4.78 is 0.872. The second-order valence-electron chi connectivity index (χ2n) is 6.81. The number of carbonyl (C=O) groups is 2. The van der Waals surface area contributed by atoms with Crippen LogP contribution in [0.2, 0.25) is 0 Å². The van der Waals surface area contributed by atoms with Crippen LogP contribution in [0.25, 0.3) is 11.0 Å². The van der Waals surface area contributed by atoms with Gasteiger partial charge < -0.3 is 15.6 Å². The molecule has 8 heteroatoms. The molecule has 3 rings (SSSR count). The standard InChI is InChI=1S/C20H23BrN4O2S/c1-4-11(2)17(18-23-13-7-5-6-8-14(13)24-18)25-19(26)12(3)22-20(27)15-9-10-16(21)28-15/h5-12,17H,4H2,1-3H3,(H,22,27)(H,23,24)(H,25,26). The van der Waals surface area contributed by atoms with Crippen LogP contribution >= 0.6 is 27.3 Å². The van der Waals surface area contributed by atoms with Crippen molar-refractivity contribution in [3.63, 3.8) is 0 Å². The lowest BCUT2D eigenvalue weighted by Gasteiger charge is -2.24. The van der Waals surface area contributed by atoms with Gasteiger partial charge in [0, 0.05) is 0 Å². The minimum Gasteiger partial charge on any atom is -0.344 e. The van der Waals surface area contributed by atoms with Crippen molar-refractivity contribution in [2.24, 2.45) is 5.92 Å². The second kappa shape index (κ2) is 8.87. The first-order valence-electron chi connectivity index (χ1n) is 9.20. The molecule has 0 aliphatic rings. The lowest BCUT2D eigenvalue weighted by molar-refractivity contribution is -0.123. The number of aromatic amines is 1. The van der Waals surface area contributed by atoms with Crippen molar-refractivity contribution < 1.29 is 9.59 Å². The fourth-order valence-corrected chi connectivity index (χ4v) is 4.17. The summed E-state index contributed by atoms with van der Waals surface area (Å²) in [5.74, 6) is 0.405. The minimum absolute atomic E-state index is 0.181. The number of hydrogen-bond donors (Lipinski definition) is 3. The molecule has 0 fully saturated rings. The number of amides is 2. The van der Waals surface area contributed by atoms with Crippen molar-refractivity contribution in [2.45, 2.75) is 39.3 Å². The molecule has 0 saturated heterocycles. The number of nitrogens with one attached hydrogen (secondary N) is 3. The Hall–Kier alpha value is -2.19. The van der Waals surface area contributed by atoms with Crippen molar-refractivity contribution in [1.82, 2.24) is 20.6 Å². The largest absolute Gasteiger partial charge is 0.344 e. The van der Waals surface area contributed by atoms with E-state index in [4.69, 9.17) is 0 Å². The molecule has 0 spiro atoms. The Morgan fingerprint density at radius 2 is 1.93 bits per heavy atom. The van der Waals surface area contributed by atoms with Gasteiger partial charge in [0.25, 0.3) is 5.91 Å². The van der Waals surface area contributed by atoms with Gasteiger partial charge in [-0.1, -0.05) is 32.4 Å². The molecule has 0 radical (unpaired) electrons. The van der Waals surface area contributed by atoms with Crippen LogP contribution in [0.5, 0.6) is 0 Å².